The maximum Gasteiger partial charge on any atom is 0.278 e. The van der Waals surface area contributed by atoms with Crippen molar-refractivity contribution in [1.29, 1.82) is 0 Å². The van der Waals surface area contributed by atoms with E-state index in [1.165, 1.54) is 0 Å². The van der Waals surface area contributed by atoms with E-state index in [1.54, 1.807) is 0 Å². The monoisotopic (exact) mass is 146 g/mol. The van der Waals surface area contributed by atoms with Gasteiger partial charge >= 0.3 is 0 Å². The van der Waals surface area contributed by atoms with Crippen LogP contribution in [-0.4, -0.2) is 31.7 Å². The lowest BCUT2D eigenvalue weighted by Crippen LogP contribution is -3.15. The first-order chi connectivity index (χ1) is 4.72. The summed E-state index contributed by atoms with van der Waals surface area (Å²) in [4.78, 5) is 10.5. The molecule has 0 aliphatic carbocycles. The van der Waals surface area contributed by atoms with Gasteiger partial charge < -0.3 is 20.7 Å². The zero-order valence-corrected chi connectivity index (χ0v) is 5.50. The number of hydrogen-bond acceptors (Lipinski definition) is 3. The van der Waals surface area contributed by atoms with Crippen LogP contribution in [0.15, 0.2) is 0 Å². The summed E-state index contributed by atoms with van der Waals surface area (Å²) in [5, 5.41) is 10.8. The molecule has 5 nitrogen and oxygen atoms in total. The second kappa shape index (κ2) is 2.96. The fourth-order valence-electron chi connectivity index (χ4n) is 0.882. The number of amides is 1. The van der Waals surface area contributed by atoms with E-state index in [4.69, 9.17) is 10.5 Å². The largest absolute Gasteiger partial charge is 0.634 e. The molecule has 0 aromatic rings. The molecule has 0 aromatic carbocycles. The zero-order chi connectivity index (χ0) is 7.56. The predicted molar refractivity (Wildman–Crippen MR) is 33.0 cm³/mol. The number of quaternary nitrogens is 1. The number of nitrogens with two attached hydrogens (primary N) is 1. The van der Waals surface area contributed by atoms with E-state index in [-0.39, 0.29) is 11.7 Å². The van der Waals surface area contributed by atoms with E-state index in [0.717, 1.165) is 0 Å². The van der Waals surface area contributed by atoms with Gasteiger partial charge in [0.05, 0.1) is 6.61 Å². The molecule has 10 heavy (non-hydrogen) atoms. The summed E-state index contributed by atoms with van der Waals surface area (Å²) in [7, 11) is 0. The molecule has 2 unspecified atom stereocenters. The Balaban J connectivity index is 2.47. The Morgan fingerprint density at radius 2 is 2.50 bits per heavy atom. The highest BCUT2D eigenvalue weighted by Crippen LogP contribution is 1.84. The highest BCUT2D eigenvalue weighted by atomic mass is 16.5. The van der Waals surface area contributed by atoms with Gasteiger partial charge in [0.25, 0.3) is 5.91 Å². The number of hydroxylamine groups is 2. The van der Waals surface area contributed by atoms with Gasteiger partial charge in [0, 0.05) is 0 Å². The van der Waals surface area contributed by atoms with Gasteiger partial charge in [-0.15, -0.1) is 0 Å². The van der Waals surface area contributed by atoms with E-state index >= 15 is 0 Å². The van der Waals surface area contributed by atoms with Crippen molar-refractivity contribution >= 4 is 5.91 Å². The summed E-state index contributed by atoms with van der Waals surface area (Å²) < 4.78 is 4.89. The molecular formula is C5H10N2O3. The van der Waals surface area contributed by atoms with Crippen LogP contribution in [0.3, 0.4) is 0 Å². The van der Waals surface area contributed by atoms with Gasteiger partial charge in [0.1, 0.15) is 13.2 Å². The van der Waals surface area contributed by atoms with E-state index in [9.17, 15) is 10.0 Å². The minimum absolute atomic E-state index is 0.0984. The van der Waals surface area contributed by atoms with Crippen molar-refractivity contribution in [2.24, 2.45) is 5.73 Å². The van der Waals surface area contributed by atoms with Crippen molar-refractivity contribution in [2.75, 3.05) is 19.8 Å². The third-order valence-corrected chi connectivity index (χ3v) is 1.51. The highest BCUT2D eigenvalue weighted by Gasteiger charge is 2.25. The van der Waals surface area contributed by atoms with Crippen LogP contribution in [0, 0.1) is 5.21 Å². The normalized spacial score (nSPS) is 33.7. The molecule has 1 fully saturated rings. The Kier molecular flexibility index (Phi) is 2.21. The quantitative estimate of drug-likeness (QED) is 0.394. The van der Waals surface area contributed by atoms with Crippen molar-refractivity contribution in [3.63, 3.8) is 0 Å². The molecule has 1 heterocycles. The SMILES string of the molecule is NC(=O)C1COCC[NH+]1[O-]. The molecule has 58 valence electrons. The van der Waals surface area contributed by atoms with Crippen LogP contribution in [0.2, 0.25) is 0 Å². The average molecular weight is 146 g/mol. The average Bonchev–Trinajstić information content (AvgIpc) is 1.88. The standard InChI is InChI=1S/C5H10N2O3/c6-5(8)4-3-10-2-1-7(4)9/h4,7H,1-3H2,(H2,6,8). The van der Waals surface area contributed by atoms with E-state index in [2.05, 4.69) is 0 Å². The summed E-state index contributed by atoms with van der Waals surface area (Å²) in [6.07, 6.45) is 0. The molecule has 2 atom stereocenters. The van der Waals surface area contributed by atoms with E-state index in [1.807, 2.05) is 0 Å². The fraction of sp³-hybridized carbons (Fsp3) is 0.800. The summed E-state index contributed by atoms with van der Waals surface area (Å²) >= 11 is 0. The van der Waals surface area contributed by atoms with Crippen LogP contribution in [0.25, 0.3) is 0 Å². The van der Waals surface area contributed by atoms with E-state index in [0.29, 0.717) is 13.2 Å². The van der Waals surface area contributed by atoms with Crippen LogP contribution in [0.1, 0.15) is 0 Å². The molecule has 1 rings (SSSR count). The van der Waals surface area contributed by atoms with E-state index < -0.39 is 11.9 Å². The van der Waals surface area contributed by atoms with Crippen LogP contribution in [0.5, 0.6) is 0 Å². The van der Waals surface area contributed by atoms with Gasteiger partial charge in [0.15, 0.2) is 6.04 Å². The third-order valence-electron chi connectivity index (χ3n) is 1.51. The molecule has 1 aliphatic heterocycles. The van der Waals surface area contributed by atoms with Crippen molar-refractivity contribution < 1.29 is 14.6 Å². The highest BCUT2D eigenvalue weighted by molar-refractivity contribution is 5.78. The Morgan fingerprint density at radius 1 is 1.80 bits per heavy atom. The lowest BCUT2D eigenvalue weighted by Gasteiger charge is -2.32. The third kappa shape index (κ3) is 1.44. The minimum atomic E-state index is -0.700. The first-order valence-corrected chi connectivity index (χ1v) is 3.11. The molecule has 0 spiro atoms. The second-order valence-electron chi connectivity index (χ2n) is 2.25. The Morgan fingerprint density at radius 3 is 2.90 bits per heavy atom. The van der Waals surface area contributed by atoms with Gasteiger partial charge in [-0.1, -0.05) is 0 Å². The molecule has 3 N–H and O–H groups in total. The first-order valence-electron chi connectivity index (χ1n) is 3.11. The number of carbonyl (C=O) groups is 1. The smallest absolute Gasteiger partial charge is 0.278 e. The Hall–Kier alpha value is -0.650. The Labute approximate surface area is 58.3 Å². The number of morpholine rings is 1. The van der Waals surface area contributed by atoms with Gasteiger partial charge in [-0.05, 0) is 0 Å². The van der Waals surface area contributed by atoms with Crippen molar-refractivity contribution in [1.82, 2.24) is 0 Å². The molecule has 0 bridgehead atoms. The lowest BCUT2D eigenvalue weighted by molar-refractivity contribution is -0.874. The van der Waals surface area contributed by atoms with Crippen molar-refractivity contribution in [3.8, 4) is 0 Å². The van der Waals surface area contributed by atoms with Crippen molar-refractivity contribution in [2.45, 2.75) is 6.04 Å². The number of carbonyl (C=O) groups excluding carboxylic acids is 1. The summed E-state index contributed by atoms with van der Waals surface area (Å²) in [6.45, 7) is 0.893. The molecule has 1 saturated heterocycles. The number of hydrogen-bond donors (Lipinski definition) is 2. The summed E-state index contributed by atoms with van der Waals surface area (Å²) in [6, 6.07) is -0.700. The number of ether oxygens (including phenoxy) is 1. The van der Waals surface area contributed by atoms with Crippen LogP contribution in [-0.2, 0) is 9.53 Å². The molecule has 0 radical (unpaired) electrons. The fourth-order valence-corrected chi connectivity index (χ4v) is 0.882. The van der Waals surface area contributed by atoms with Crippen LogP contribution < -0.4 is 10.8 Å². The minimum Gasteiger partial charge on any atom is -0.634 e. The summed E-state index contributed by atoms with van der Waals surface area (Å²) in [5.41, 5.74) is 4.92. The van der Waals surface area contributed by atoms with Crippen LogP contribution in [0.4, 0.5) is 0 Å². The summed E-state index contributed by atoms with van der Waals surface area (Å²) in [5.74, 6) is -0.579. The number of rotatable bonds is 1. The second-order valence-corrected chi connectivity index (χ2v) is 2.25. The molecule has 0 aromatic heterocycles. The number of primary amides is 1. The molecule has 0 saturated carbocycles. The molecule has 1 aliphatic rings. The van der Waals surface area contributed by atoms with Gasteiger partial charge in [-0.3, -0.25) is 4.79 Å². The number of nitrogens with one attached hydrogen (secondary N) is 1. The van der Waals surface area contributed by atoms with Crippen LogP contribution >= 0.6 is 0 Å². The topological polar surface area (TPSA) is 79.8 Å². The molecule has 5 heteroatoms. The first kappa shape index (κ1) is 7.46. The zero-order valence-electron chi connectivity index (χ0n) is 5.50. The molecular weight excluding hydrogens is 136 g/mol. The van der Waals surface area contributed by atoms with Gasteiger partial charge in [0.2, 0.25) is 0 Å². The molecule has 1 amide bonds. The predicted octanol–water partition coefficient (Wildman–Crippen LogP) is -2.75. The lowest BCUT2D eigenvalue weighted by atomic mass is 10.2. The Bertz CT molecular complexity index is 139. The van der Waals surface area contributed by atoms with Gasteiger partial charge in [-0.25, -0.2) is 0 Å². The van der Waals surface area contributed by atoms with Gasteiger partial charge in [-0.2, -0.15) is 0 Å². The maximum absolute atomic E-state index is 10.9. The van der Waals surface area contributed by atoms with Crippen molar-refractivity contribution in [3.05, 3.63) is 5.21 Å². The maximum atomic E-state index is 10.9.